The molecule has 6 nitrogen and oxygen atoms in total. The van der Waals surface area contributed by atoms with Crippen LogP contribution >= 0.6 is 23.2 Å². The second-order valence-electron chi connectivity index (χ2n) is 3.56. The van der Waals surface area contributed by atoms with Crippen molar-refractivity contribution >= 4 is 40.7 Å². The molecule has 90 valence electrons. The normalized spacial score (nSPS) is 19.9. The monoisotopic (exact) mass is 274 g/mol. The van der Waals surface area contributed by atoms with Gasteiger partial charge in [0.25, 0.3) is 5.91 Å². The highest BCUT2D eigenvalue weighted by Gasteiger charge is 2.36. The van der Waals surface area contributed by atoms with Gasteiger partial charge in [0.1, 0.15) is 6.04 Å². The fourth-order valence-corrected chi connectivity index (χ4v) is 1.80. The van der Waals surface area contributed by atoms with Gasteiger partial charge < -0.3 is 5.32 Å². The predicted octanol–water partition coefficient (Wildman–Crippen LogP) is 0.953. The molecule has 0 aromatic carbocycles. The first-order chi connectivity index (χ1) is 7.99. The molecule has 1 unspecified atom stereocenters. The minimum Gasteiger partial charge on any atom is -0.371 e. The van der Waals surface area contributed by atoms with Crippen LogP contribution in [0.3, 0.4) is 0 Å². The van der Waals surface area contributed by atoms with E-state index in [0.29, 0.717) is 5.69 Å². The molecule has 2 heterocycles. The van der Waals surface area contributed by atoms with Gasteiger partial charge in [0.05, 0.1) is 12.1 Å². The third kappa shape index (κ3) is 2.32. The molecular weight excluding hydrogens is 267 g/mol. The first-order valence-corrected chi connectivity index (χ1v) is 5.50. The van der Waals surface area contributed by atoms with Gasteiger partial charge in [-0.05, 0) is 0 Å². The van der Waals surface area contributed by atoms with Crippen LogP contribution in [0.4, 0.5) is 5.69 Å². The smallest absolute Gasteiger partial charge is 0.251 e. The lowest BCUT2D eigenvalue weighted by atomic mass is 10.2. The molecular formula is C9H8Cl2N4O2. The summed E-state index contributed by atoms with van der Waals surface area (Å²) >= 11 is 11.5. The Morgan fingerprint density at radius 3 is 2.71 bits per heavy atom. The number of halogens is 2. The molecule has 0 saturated carbocycles. The molecule has 1 fully saturated rings. The molecule has 0 bridgehead atoms. The Bertz CT molecular complexity index is 494. The first-order valence-electron chi connectivity index (χ1n) is 4.74. The van der Waals surface area contributed by atoms with Crippen LogP contribution in [0, 0.1) is 0 Å². The quantitative estimate of drug-likeness (QED) is 0.813. The number of anilines is 1. The number of carbonyl (C=O) groups excluding carboxylic acids is 2. The zero-order chi connectivity index (χ0) is 12.6. The summed E-state index contributed by atoms with van der Waals surface area (Å²) in [6.45, 7) is 0. The Labute approximate surface area is 107 Å². The summed E-state index contributed by atoms with van der Waals surface area (Å²) in [6.07, 6.45) is 0.0889. The Hall–Kier alpha value is -1.40. The summed E-state index contributed by atoms with van der Waals surface area (Å²) in [5, 5.41) is 10.2. The van der Waals surface area contributed by atoms with Gasteiger partial charge in [-0.25, -0.2) is 0 Å². The maximum absolute atomic E-state index is 11.6. The molecule has 1 aromatic rings. The van der Waals surface area contributed by atoms with Crippen molar-refractivity contribution in [3.8, 4) is 0 Å². The van der Waals surface area contributed by atoms with Crippen molar-refractivity contribution < 1.29 is 9.59 Å². The van der Waals surface area contributed by atoms with E-state index in [1.807, 2.05) is 0 Å². The fourth-order valence-electron chi connectivity index (χ4n) is 1.51. The fraction of sp³-hybridized carbons (Fsp3) is 0.333. The summed E-state index contributed by atoms with van der Waals surface area (Å²) in [4.78, 5) is 24.0. The zero-order valence-corrected chi connectivity index (χ0v) is 10.3. The Morgan fingerprint density at radius 1 is 1.41 bits per heavy atom. The lowest BCUT2D eigenvalue weighted by Crippen LogP contribution is -2.31. The van der Waals surface area contributed by atoms with E-state index < -0.39 is 6.04 Å². The van der Waals surface area contributed by atoms with E-state index in [4.69, 9.17) is 23.2 Å². The molecule has 1 aliphatic rings. The van der Waals surface area contributed by atoms with Crippen LogP contribution in [0.25, 0.3) is 0 Å². The number of carbonyl (C=O) groups is 2. The second-order valence-corrected chi connectivity index (χ2v) is 4.31. The summed E-state index contributed by atoms with van der Waals surface area (Å²) < 4.78 is 0. The molecule has 2 amide bonds. The summed E-state index contributed by atoms with van der Waals surface area (Å²) in [5.41, 5.74) is 0.383. The number of rotatable bonds is 2. The SMILES string of the molecule is CN1C(=O)CC(Nc2cc(Cl)nnc2Cl)C1=O. The minimum atomic E-state index is -0.634. The van der Waals surface area contributed by atoms with Crippen LogP contribution in [0.2, 0.25) is 10.3 Å². The van der Waals surface area contributed by atoms with Gasteiger partial charge in [0.2, 0.25) is 5.91 Å². The van der Waals surface area contributed by atoms with Crippen LogP contribution in [0.15, 0.2) is 6.07 Å². The van der Waals surface area contributed by atoms with E-state index in [1.54, 1.807) is 0 Å². The lowest BCUT2D eigenvalue weighted by Gasteiger charge is -2.12. The van der Waals surface area contributed by atoms with E-state index in [2.05, 4.69) is 15.5 Å². The average Bonchev–Trinajstić information content (AvgIpc) is 2.52. The van der Waals surface area contributed by atoms with Crippen molar-refractivity contribution in [2.45, 2.75) is 12.5 Å². The van der Waals surface area contributed by atoms with Crippen molar-refractivity contribution in [3.05, 3.63) is 16.4 Å². The molecule has 1 atom stereocenters. The maximum Gasteiger partial charge on any atom is 0.251 e. The number of nitrogens with one attached hydrogen (secondary N) is 1. The van der Waals surface area contributed by atoms with Crippen molar-refractivity contribution in [3.63, 3.8) is 0 Å². The standard InChI is InChI=1S/C9H8Cl2N4O2/c1-15-7(16)3-5(9(15)17)12-4-2-6(10)13-14-8(4)11/h2,5H,3H2,1H3,(H,12,13). The van der Waals surface area contributed by atoms with Crippen LogP contribution in [-0.4, -0.2) is 40.0 Å². The van der Waals surface area contributed by atoms with Gasteiger partial charge in [-0.15, -0.1) is 10.2 Å². The average molecular weight is 275 g/mol. The topological polar surface area (TPSA) is 75.2 Å². The molecule has 1 N–H and O–H groups in total. The largest absolute Gasteiger partial charge is 0.371 e. The molecule has 17 heavy (non-hydrogen) atoms. The number of aromatic nitrogens is 2. The summed E-state index contributed by atoms with van der Waals surface area (Å²) in [6, 6.07) is 0.817. The number of nitrogens with zero attached hydrogens (tertiary/aromatic N) is 3. The highest BCUT2D eigenvalue weighted by atomic mass is 35.5. The lowest BCUT2D eigenvalue weighted by molar-refractivity contribution is -0.136. The van der Waals surface area contributed by atoms with Gasteiger partial charge in [-0.1, -0.05) is 23.2 Å². The first kappa shape index (κ1) is 12.1. The predicted molar refractivity (Wildman–Crippen MR) is 61.9 cm³/mol. The minimum absolute atomic E-state index is 0.0889. The highest BCUT2D eigenvalue weighted by molar-refractivity contribution is 6.33. The molecule has 1 aromatic heterocycles. The molecule has 1 saturated heterocycles. The van der Waals surface area contributed by atoms with Crippen LogP contribution in [-0.2, 0) is 9.59 Å². The third-order valence-electron chi connectivity index (χ3n) is 2.43. The third-order valence-corrected chi connectivity index (χ3v) is 2.89. The Morgan fingerprint density at radius 2 is 2.12 bits per heavy atom. The van der Waals surface area contributed by atoms with Crippen molar-refractivity contribution in [1.82, 2.24) is 15.1 Å². The number of amides is 2. The Kier molecular flexibility index (Phi) is 3.17. The molecule has 2 rings (SSSR count). The van der Waals surface area contributed by atoms with Gasteiger partial charge in [0, 0.05) is 13.1 Å². The number of imide groups is 1. The molecule has 0 spiro atoms. The van der Waals surface area contributed by atoms with Gasteiger partial charge in [-0.3, -0.25) is 14.5 Å². The number of likely N-dealkylation sites (tertiary alicyclic amines) is 1. The van der Waals surface area contributed by atoms with E-state index in [9.17, 15) is 9.59 Å². The van der Waals surface area contributed by atoms with Crippen LogP contribution in [0.1, 0.15) is 6.42 Å². The molecule has 0 aliphatic carbocycles. The van der Waals surface area contributed by atoms with Gasteiger partial charge in [-0.2, -0.15) is 0 Å². The Balaban J connectivity index is 2.19. The highest BCUT2D eigenvalue weighted by Crippen LogP contribution is 2.24. The van der Waals surface area contributed by atoms with E-state index in [0.717, 1.165) is 4.90 Å². The van der Waals surface area contributed by atoms with Gasteiger partial charge >= 0.3 is 0 Å². The molecule has 1 aliphatic heterocycles. The number of likely N-dealkylation sites (N-methyl/N-ethyl adjacent to an activating group) is 1. The second kappa shape index (κ2) is 4.46. The van der Waals surface area contributed by atoms with Crippen molar-refractivity contribution in [2.24, 2.45) is 0 Å². The number of hydrogen-bond acceptors (Lipinski definition) is 5. The van der Waals surface area contributed by atoms with Crippen LogP contribution < -0.4 is 5.32 Å². The van der Waals surface area contributed by atoms with E-state index in [-0.39, 0.29) is 28.5 Å². The summed E-state index contributed by atoms with van der Waals surface area (Å²) in [5.74, 6) is -0.546. The van der Waals surface area contributed by atoms with Crippen LogP contribution in [0.5, 0.6) is 0 Å². The zero-order valence-electron chi connectivity index (χ0n) is 8.78. The van der Waals surface area contributed by atoms with Crippen molar-refractivity contribution in [2.75, 3.05) is 12.4 Å². The van der Waals surface area contributed by atoms with E-state index in [1.165, 1.54) is 13.1 Å². The number of hydrogen-bond donors (Lipinski definition) is 1. The van der Waals surface area contributed by atoms with Crippen molar-refractivity contribution in [1.29, 1.82) is 0 Å². The maximum atomic E-state index is 11.6. The molecule has 8 heteroatoms. The molecule has 0 radical (unpaired) electrons. The van der Waals surface area contributed by atoms with Gasteiger partial charge in [0.15, 0.2) is 10.3 Å². The van der Waals surface area contributed by atoms with E-state index >= 15 is 0 Å². The summed E-state index contributed by atoms with van der Waals surface area (Å²) in [7, 11) is 1.44.